The SMILES string of the molecule is [CH2-]CCCNC(=N[CH2-])NC#N.[CH3-].[Y].[Y].[Y].[Y]. The van der Waals surface area contributed by atoms with Gasteiger partial charge in [-0.15, -0.1) is 0 Å². The van der Waals surface area contributed by atoms with Crippen LogP contribution in [0, 0.1) is 32.9 Å². The maximum absolute atomic E-state index is 8.20. The van der Waals surface area contributed by atoms with Gasteiger partial charge in [-0.3, -0.25) is 0 Å². The molecule has 0 amide bonds. The minimum Gasteiger partial charge on any atom is -0.433 e. The molecule has 0 unspecified atom stereocenters. The van der Waals surface area contributed by atoms with E-state index in [1.54, 1.807) is 6.19 Å². The number of nitrogens with zero attached hydrogens (tertiary/aromatic N) is 2. The van der Waals surface area contributed by atoms with Gasteiger partial charge in [0.15, 0.2) is 6.19 Å². The fourth-order valence-electron chi connectivity index (χ4n) is 0.524. The fourth-order valence-corrected chi connectivity index (χ4v) is 0.524. The summed E-state index contributed by atoms with van der Waals surface area (Å²) in [6, 6.07) is 0. The van der Waals surface area contributed by atoms with E-state index in [0.717, 1.165) is 19.4 Å². The van der Waals surface area contributed by atoms with Gasteiger partial charge >= 0.3 is 0 Å². The molecule has 0 aromatic carbocycles. The molecular weight excluding hydrogens is 508 g/mol. The maximum atomic E-state index is 8.20. The number of nitrogens with one attached hydrogen (secondary N) is 2. The van der Waals surface area contributed by atoms with E-state index in [0.29, 0.717) is 5.96 Å². The van der Waals surface area contributed by atoms with Gasteiger partial charge in [-0.2, -0.15) is 18.7 Å². The minimum atomic E-state index is 0. The molecule has 0 aliphatic heterocycles. The first kappa shape index (κ1) is 36.4. The quantitative estimate of drug-likeness (QED) is 0.144. The first-order valence-electron chi connectivity index (χ1n) is 3.37. The van der Waals surface area contributed by atoms with Gasteiger partial charge in [0.2, 0.25) is 0 Å². The third-order valence-corrected chi connectivity index (χ3v) is 1.05. The number of hydrogen-bond acceptors (Lipinski definition) is 2. The number of guanidine groups is 1. The standard InChI is InChI=1S/C7H12N4.CH3.4Y/c1-3-4-5-10-7(9-2)11-6-8;;;;;/h1-5H2,(H2,9,10,11);1H3;;;;/q-2;-1;;;;. The number of rotatable bonds is 3. The van der Waals surface area contributed by atoms with Crippen LogP contribution in [0.1, 0.15) is 12.8 Å². The van der Waals surface area contributed by atoms with Crippen LogP contribution in [0.25, 0.3) is 0 Å². The molecule has 0 aliphatic carbocycles. The van der Waals surface area contributed by atoms with Crippen molar-refractivity contribution in [3.8, 4) is 6.19 Å². The van der Waals surface area contributed by atoms with Crippen LogP contribution < -0.4 is 10.6 Å². The average Bonchev–Trinajstić information content (AvgIpc) is 2.03. The molecule has 0 spiro atoms. The third-order valence-electron chi connectivity index (χ3n) is 1.05. The summed E-state index contributed by atoms with van der Waals surface area (Å²) < 4.78 is 0. The van der Waals surface area contributed by atoms with Crippen LogP contribution in [0.5, 0.6) is 0 Å². The predicted octanol–water partition coefficient (Wildman–Crippen LogP) is 0.849. The van der Waals surface area contributed by atoms with Crippen molar-refractivity contribution in [1.82, 2.24) is 10.6 Å². The van der Waals surface area contributed by atoms with Crippen molar-refractivity contribution in [2.24, 2.45) is 4.99 Å². The van der Waals surface area contributed by atoms with E-state index in [2.05, 4.69) is 29.6 Å². The van der Waals surface area contributed by atoms with Gasteiger partial charge in [0.1, 0.15) is 0 Å². The fraction of sp³-hybridized carbons (Fsp3) is 0.375. The Balaban J connectivity index is -0.0000000500. The summed E-state index contributed by atoms with van der Waals surface area (Å²) in [4.78, 5) is 3.55. The van der Waals surface area contributed by atoms with Crippen LogP contribution >= 0.6 is 0 Å². The molecule has 0 aromatic rings. The van der Waals surface area contributed by atoms with Crippen molar-refractivity contribution >= 4 is 5.96 Å². The molecule has 4 radical (unpaired) electrons. The molecule has 4 nitrogen and oxygen atoms in total. The second-order valence-electron chi connectivity index (χ2n) is 1.88. The molecule has 0 rings (SSSR count). The van der Waals surface area contributed by atoms with Crippen molar-refractivity contribution in [2.75, 3.05) is 6.54 Å². The van der Waals surface area contributed by atoms with Crippen LogP contribution in [-0.2, 0) is 131 Å². The van der Waals surface area contributed by atoms with Crippen molar-refractivity contribution < 1.29 is 131 Å². The molecule has 2 N–H and O–H groups in total. The summed E-state index contributed by atoms with van der Waals surface area (Å²) >= 11 is 0. The average molecular weight is 523 g/mol. The summed E-state index contributed by atoms with van der Waals surface area (Å²) in [5.74, 6) is 0.404. The van der Waals surface area contributed by atoms with Crippen molar-refractivity contribution in [1.29, 1.82) is 5.26 Å². The molecule has 0 atom stereocenters. The van der Waals surface area contributed by atoms with Crippen LogP contribution in [0.4, 0.5) is 0 Å². The van der Waals surface area contributed by atoms with Gasteiger partial charge in [-0.25, -0.2) is 0 Å². The van der Waals surface area contributed by atoms with E-state index < -0.39 is 0 Å². The van der Waals surface area contributed by atoms with E-state index in [-0.39, 0.29) is 138 Å². The van der Waals surface area contributed by atoms with E-state index in [4.69, 9.17) is 5.26 Å². The molecule has 8 heteroatoms. The van der Waals surface area contributed by atoms with E-state index in [9.17, 15) is 0 Å². The van der Waals surface area contributed by atoms with Crippen LogP contribution in [0.15, 0.2) is 4.99 Å². The van der Waals surface area contributed by atoms with E-state index in [1.807, 2.05) is 0 Å². The van der Waals surface area contributed by atoms with Crippen LogP contribution in [0.3, 0.4) is 0 Å². The van der Waals surface area contributed by atoms with Gasteiger partial charge in [0.05, 0.1) is 5.96 Å². The number of nitriles is 1. The maximum Gasteiger partial charge on any atom is 0.166 e. The van der Waals surface area contributed by atoms with Crippen LogP contribution in [0.2, 0.25) is 0 Å². The summed E-state index contributed by atoms with van der Waals surface area (Å²) in [6.07, 6.45) is 3.56. The number of unbranched alkanes of at least 4 members (excludes halogenated alkanes) is 1. The molecule has 0 bridgehead atoms. The van der Waals surface area contributed by atoms with Gasteiger partial charge in [-0.05, 0) is 6.54 Å². The second-order valence-corrected chi connectivity index (χ2v) is 1.88. The summed E-state index contributed by atoms with van der Waals surface area (Å²) in [5.41, 5.74) is 0. The monoisotopic (exact) mass is 523 g/mol. The summed E-state index contributed by atoms with van der Waals surface area (Å²) in [5, 5.41) is 13.4. The Kier molecular flexibility index (Phi) is 70.2. The molecule has 0 heterocycles. The molecule has 0 saturated heterocycles. The molecule has 0 saturated carbocycles. The Hall–Kier alpha value is 3.05. The van der Waals surface area contributed by atoms with E-state index >= 15 is 0 Å². The first-order chi connectivity index (χ1) is 5.35. The van der Waals surface area contributed by atoms with Gasteiger partial charge in [-0.1, -0.05) is 6.42 Å². The molecule has 0 fully saturated rings. The predicted molar refractivity (Wildman–Crippen MR) is 50.5 cm³/mol. The van der Waals surface area contributed by atoms with Gasteiger partial charge in [0.25, 0.3) is 0 Å². The largest absolute Gasteiger partial charge is 0.433 e. The number of hydrogen-bond donors (Lipinski definition) is 2. The third kappa shape index (κ3) is 25.8. The molecule has 16 heavy (non-hydrogen) atoms. The Morgan fingerprint density at radius 3 is 2.06 bits per heavy atom. The van der Waals surface area contributed by atoms with Crippen molar-refractivity contribution in [3.63, 3.8) is 0 Å². The number of aliphatic imine (C=N–C) groups is 1. The first-order valence-corrected chi connectivity index (χ1v) is 3.37. The summed E-state index contributed by atoms with van der Waals surface area (Å²) in [7, 11) is 3.28. The molecule has 82 valence electrons. The Morgan fingerprint density at radius 2 is 1.75 bits per heavy atom. The Labute approximate surface area is 200 Å². The Bertz CT molecular complexity index is 170. The van der Waals surface area contributed by atoms with Crippen molar-refractivity contribution in [2.45, 2.75) is 12.8 Å². The Morgan fingerprint density at radius 1 is 1.25 bits per heavy atom. The zero-order valence-corrected chi connectivity index (χ0v) is 21.1. The second kappa shape index (κ2) is 30.8. The summed E-state index contributed by atoms with van der Waals surface area (Å²) in [6.45, 7) is 4.43. The van der Waals surface area contributed by atoms with Crippen molar-refractivity contribution in [3.05, 3.63) is 21.4 Å². The smallest absolute Gasteiger partial charge is 0.166 e. The topological polar surface area (TPSA) is 60.2 Å². The van der Waals surface area contributed by atoms with Crippen LogP contribution in [-0.4, -0.2) is 12.5 Å². The van der Waals surface area contributed by atoms with E-state index in [1.165, 1.54) is 0 Å². The normalized spacial score (nSPS) is 7.12. The molecule has 0 aliphatic rings. The zero-order chi connectivity index (χ0) is 8.53. The van der Waals surface area contributed by atoms with Gasteiger partial charge < -0.3 is 30.0 Å². The molecule has 0 aromatic heterocycles. The zero-order valence-electron chi connectivity index (χ0n) is 9.74. The minimum absolute atomic E-state index is 0. The van der Waals surface area contributed by atoms with Gasteiger partial charge in [0, 0.05) is 131 Å². The molecular formula is C8H15N4Y4-3.